The van der Waals surface area contributed by atoms with Crippen LogP contribution in [0.4, 0.5) is 4.39 Å². The van der Waals surface area contributed by atoms with Gasteiger partial charge in [-0.15, -0.1) is 0 Å². The van der Waals surface area contributed by atoms with Gasteiger partial charge in [0.25, 0.3) is 0 Å². The number of hydrogen-bond acceptors (Lipinski definition) is 2. The summed E-state index contributed by atoms with van der Waals surface area (Å²) < 4.78 is 17.3. The molecule has 0 N–H and O–H groups in total. The second kappa shape index (κ2) is 6.23. The summed E-state index contributed by atoms with van der Waals surface area (Å²) in [6.45, 7) is 0.357. The van der Waals surface area contributed by atoms with E-state index >= 15 is 0 Å². The first-order valence-electron chi connectivity index (χ1n) is 6.21. The lowest BCUT2D eigenvalue weighted by Gasteiger charge is -2.03. The molecule has 0 unspecified atom stereocenters. The number of halogens is 3. The lowest BCUT2D eigenvalue weighted by Crippen LogP contribution is -2.02. The summed E-state index contributed by atoms with van der Waals surface area (Å²) in [5, 5.41) is 4.40. The van der Waals surface area contributed by atoms with Gasteiger partial charge in [0.1, 0.15) is 12.1 Å². The van der Waals surface area contributed by atoms with E-state index in [1.165, 1.54) is 6.07 Å². The predicted octanol–water partition coefficient (Wildman–Crippen LogP) is 4.50. The van der Waals surface area contributed by atoms with Gasteiger partial charge in [0.15, 0.2) is 5.82 Å². The van der Waals surface area contributed by atoms with Crippen LogP contribution in [0, 0.1) is 9.39 Å². The maximum Gasteiger partial charge on any atom is 0.181 e. The lowest BCUT2D eigenvalue weighted by atomic mass is 10.2. The van der Waals surface area contributed by atoms with Crippen LogP contribution >= 0.6 is 38.5 Å². The van der Waals surface area contributed by atoms with Gasteiger partial charge in [-0.1, -0.05) is 34.1 Å². The van der Waals surface area contributed by atoms with Gasteiger partial charge in [0.05, 0.1) is 6.54 Å². The average Bonchev–Trinajstić information content (AvgIpc) is 2.91. The Labute approximate surface area is 143 Å². The van der Waals surface area contributed by atoms with Gasteiger partial charge in [-0.25, -0.2) is 14.1 Å². The van der Waals surface area contributed by atoms with E-state index in [0.29, 0.717) is 17.9 Å². The Morgan fingerprint density at radius 1 is 1.19 bits per heavy atom. The van der Waals surface area contributed by atoms with Crippen molar-refractivity contribution in [3.63, 3.8) is 0 Å². The van der Waals surface area contributed by atoms with Crippen LogP contribution in [-0.4, -0.2) is 14.8 Å². The quantitative estimate of drug-likeness (QED) is 0.542. The summed E-state index contributed by atoms with van der Waals surface area (Å²) in [6, 6.07) is 13.0. The Balaban J connectivity index is 1.85. The molecule has 3 nitrogen and oxygen atoms in total. The van der Waals surface area contributed by atoms with Gasteiger partial charge in [0, 0.05) is 19.2 Å². The molecule has 3 aromatic rings. The van der Waals surface area contributed by atoms with E-state index in [4.69, 9.17) is 0 Å². The van der Waals surface area contributed by atoms with Crippen LogP contribution < -0.4 is 0 Å². The van der Waals surface area contributed by atoms with Crippen LogP contribution in [-0.2, 0) is 6.54 Å². The molecule has 0 aliphatic carbocycles. The van der Waals surface area contributed by atoms with Crippen molar-refractivity contribution in [1.29, 1.82) is 0 Å². The van der Waals surface area contributed by atoms with Gasteiger partial charge in [-0.3, -0.25) is 0 Å². The summed E-state index contributed by atoms with van der Waals surface area (Å²) >= 11 is 5.50. The third kappa shape index (κ3) is 3.49. The van der Waals surface area contributed by atoms with Gasteiger partial charge < -0.3 is 0 Å². The predicted molar refractivity (Wildman–Crippen MR) is 91.4 cm³/mol. The van der Waals surface area contributed by atoms with Gasteiger partial charge in [0.2, 0.25) is 0 Å². The van der Waals surface area contributed by atoms with Crippen molar-refractivity contribution >= 4 is 38.5 Å². The summed E-state index contributed by atoms with van der Waals surface area (Å²) in [5.41, 5.74) is 1.54. The van der Waals surface area contributed by atoms with E-state index in [0.717, 1.165) is 13.6 Å². The van der Waals surface area contributed by atoms with E-state index in [1.807, 2.05) is 30.3 Å². The van der Waals surface area contributed by atoms with Crippen LogP contribution in [0.25, 0.3) is 11.4 Å². The third-order valence-corrected chi connectivity index (χ3v) is 4.13. The molecule has 0 spiro atoms. The minimum Gasteiger partial charge on any atom is -0.248 e. The molecule has 106 valence electrons. The number of hydrogen-bond donors (Lipinski definition) is 0. The topological polar surface area (TPSA) is 30.7 Å². The molecule has 0 saturated carbocycles. The van der Waals surface area contributed by atoms with Crippen molar-refractivity contribution in [3.8, 4) is 11.4 Å². The molecule has 0 atom stereocenters. The standard InChI is InChI=1S/C15H10BrFIN3/c16-12-5-4-11(14(17)7-12)8-21-9-19-15(20-21)10-2-1-3-13(18)6-10/h1-7,9H,8H2. The molecule has 0 radical (unpaired) electrons. The summed E-state index contributed by atoms with van der Waals surface area (Å²) in [4.78, 5) is 4.29. The normalized spacial score (nSPS) is 10.8. The van der Waals surface area contributed by atoms with E-state index in [-0.39, 0.29) is 5.82 Å². The van der Waals surface area contributed by atoms with Gasteiger partial charge in [-0.05, 0) is 46.9 Å². The fraction of sp³-hybridized carbons (Fsp3) is 0.0667. The fourth-order valence-corrected chi connectivity index (χ4v) is 2.83. The minimum atomic E-state index is -0.254. The Hall–Kier alpha value is -1.28. The van der Waals surface area contributed by atoms with Crippen molar-refractivity contribution in [2.45, 2.75) is 6.54 Å². The van der Waals surface area contributed by atoms with E-state index in [1.54, 1.807) is 17.1 Å². The molecule has 3 rings (SSSR count). The molecule has 1 aromatic heterocycles. The maximum absolute atomic E-state index is 13.8. The molecule has 1 heterocycles. The Kier molecular flexibility index (Phi) is 4.34. The average molecular weight is 458 g/mol. The summed E-state index contributed by atoms with van der Waals surface area (Å²) in [5.74, 6) is 0.390. The monoisotopic (exact) mass is 457 g/mol. The second-order valence-corrected chi connectivity index (χ2v) is 6.67. The largest absolute Gasteiger partial charge is 0.248 e. The zero-order valence-electron chi connectivity index (χ0n) is 10.8. The summed E-state index contributed by atoms with van der Waals surface area (Å²) in [6.07, 6.45) is 1.62. The van der Waals surface area contributed by atoms with E-state index < -0.39 is 0 Å². The Morgan fingerprint density at radius 3 is 2.81 bits per heavy atom. The smallest absolute Gasteiger partial charge is 0.181 e. The highest BCUT2D eigenvalue weighted by Crippen LogP contribution is 2.19. The Bertz CT molecular complexity index is 788. The third-order valence-electron chi connectivity index (χ3n) is 2.97. The highest BCUT2D eigenvalue weighted by atomic mass is 127. The first kappa shape index (κ1) is 14.6. The highest BCUT2D eigenvalue weighted by Gasteiger charge is 2.08. The highest BCUT2D eigenvalue weighted by molar-refractivity contribution is 14.1. The molecular weight excluding hydrogens is 448 g/mol. The molecule has 21 heavy (non-hydrogen) atoms. The minimum absolute atomic E-state index is 0.254. The van der Waals surface area contributed by atoms with E-state index in [2.05, 4.69) is 48.6 Å². The number of rotatable bonds is 3. The number of nitrogens with zero attached hydrogens (tertiary/aromatic N) is 3. The molecule has 0 amide bonds. The molecule has 0 saturated heterocycles. The van der Waals surface area contributed by atoms with Crippen LogP contribution in [0.3, 0.4) is 0 Å². The second-order valence-electron chi connectivity index (χ2n) is 4.51. The number of benzene rings is 2. The molecule has 0 fully saturated rings. The van der Waals surface area contributed by atoms with Crippen molar-refractivity contribution in [3.05, 3.63) is 68.2 Å². The Morgan fingerprint density at radius 2 is 2.05 bits per heavy atom. The van der Waals surface area contributed by atoms with Crippen molar-refractivity contribution in [2.75, 3.05) is 0 Å². The molecule has 0 bridgehead atoms. The lowest BCUT2D eigenvalue weighted by molar-refractivity contribution is 0.584. The number of aromatic nitrogens is 3. The zero-order chi connectivity index (χ0) is 14.8. The molecular formula is C15H10BrFIN3. The van der Waals surface area contributed by atoms with Crippen LogP contribution in [0.15, 0.2) is 53.3 Å². The maximum atomic E-state index is 13.8. The van der Waals surface area contributed by atoms with Gasteiger partial charge >= 0.3 is 0 Å². The first-order chi connectivity index (χ1) is 10.1. The van der Waals surface area contributed by atoms with Crippen LogP contribution in [0.2, 0.25) is 0 Å². The SMILES string of the molecule is Fc1cc(Br)ccc1Cn1cnc(-c2cccc(I)c2)n1. The molecule has 2 aromatic carbocycles. The van der Waals surface area contributed by atoms with Crippen LogP contribution in [0.1, 0.15) is 5.56 Å². The van der Waals surface area contributed by atoms with Crippen molar-refractivity contribution in [1.82, 2.24) is 14.8 Å². The first-order valence-corrected chi connectivity index (χ1v) is 8.08. The molecule has 6 heteroatoms. The zero-order valence-corrected chi connectivity index (χ0v) is 14.5. The van der Waals surface area contributed by atoms with Crippen molar-refractivity contribution < 1.29 is 4.39 Å². The fourth-order valence-electron chi connectivity index (χ4n) is 1.96. The summed E-state index contributed by atoms with van der Waals surface area (Å²) in [7, 11) is 0. The molecule has 0 aliphatic heterocycles. The van der Waals surface area contributed by atoms with Crippen molar-refractivity contribution in [2.24, 2.45) is 0 Å². The van der Waals surface area contributed by atoms with Crippen LogP contribution in [0.5, 0.6) is 0 Å². The van der Waals surface area contributed by atoms with Gasteiger partial charge in [-0.2, -0.15) is 5.10 Å². The molecule has 0 aliphatic rings. The van der Waals surface area contributed by atoms with E-state index in [9.17, 15) is 4.39 Å².